The molecule has 0 unspecified atom stereocenters. The molecular weight excluding hydrogens is 687 g/mol. The normalized spacial score (nSPS) is 11.2. The van der Waals surface area contributed by atoms with Gasteiger partial charge in [-0.25, -0.2) is 0 Å². The molecule has 0 spiro atoms. The van der Waals surface area contributed by atoms with Crippen molar-refractivity contribution in [3.8, 4) is 55.6 Å². The average Bonchev–Trinajstić information content (AvgIpc) is 3.30. The van der Waals surface area contributed by atoms with E-state index in [4.69, 9.17) is 0 Å². The number of nitrogens with zero attached hydrogens (tertiary/aromatic N) is 1. The Balaban J connectivity index is 1.03. The zero-order valence-electron chi connectivity index (χ0n) is 31.5. The van der Waals surface area contributed by atoms with Crippen molar-refractivity contribution in [1.82, 2.24) is 0 Å². The van der Waals surface area contributed by atoms with Gasteiger partial charge in [-0.05, 0) is 114 Å². The smallest absolute Gasteiger partial charge is 0.0462 e. The van der Waals surface area contributed by atoms with E-state index in [1.54, 1.807) is 0 Å². The lowest BCUT2D eigenvalue weighted by molar-refractivity contribution is 1.28. The fourth-order valence-corrected chi connectivity index (χ4v) is 8.43. The maximum Gasteiger partial charge on any atom is 0.0462 e. The van der Waals surface area contributed by atoms with Gasteiger partial charge in [0.05, 0.1) is 0 Å². The third kappa shape index (κ3) is 6.46. The molecule has 0 aliphatic carbocycles. The van der Waals surface area contributed by atoms with Crippen LogP contribution in [0.4, 0.5) is 17.1 Å². The largest absolute Gasteiger partial charge is 0.311 e. The summed E-state index contributed by atoms with van der Waals surface area (Å²) in [6.45, 7) is 0. The van der Waals surface area contributed by atoms with Crippen LogP contribution in [0.5, 0.6) is 0 Å². The minimum atomic E-state index is 1.10. The first-order valence-corrected chi connectivity index (χ1v) is 19.6. The van der Waals surface area contributed by atoms with Crippen molar-refractivity contribution >= 4 is 38.6 Å². The highest BCUT2D eigenvalue weighted by molar-refractivity contribution is 6.11. The molecule has 0 N–H and O–H groups in total. The fourth-order valence-electron chi connectivity index (χ4n) is 8.43. The average molecular weight is 726 g/mol. The first-order chi connectivity index (χ1) is 28.3. The first-order valence-electron chi connectivity index (χ1n) is 19.6. The molecule has 1 nitrogen and oxygen atoms in total. The number of benzene rings is 10. The molecule has 0 amide bonds. The molecule has 10 aromatic rings. The van der Waals surface area contributed by atoms with Gasteiger partial charge in [-0.2, -0.15) is 0 Å². The fraction of sp³-hybridized carbons (Fsp3) is 0. The van der Waals surface area contributed by atoms with Gasteiger partial charge in [0, 0.05) is 17.1 Å². The zero-order chi connectivity index (χ0) is 38.0. The SMILES string of the molecule is c1ccc(-c2ccccc2-c2ccccc2-c2ccc(N(c3ccccc3)c3ccc(-c4cccc5cccc(-c6cccc7ccccc67)c45)cc3)cc2)cc1. The monoisotopic (exact) mass is 725 g/mol. The number of hydrogen-bond donors (Lipinski definition) is 0. The van der Waals surface area contributed by atoms with E-state index < -0.39 is 0 Å². The van der Waals surface area contributed by atoms with Crippen LogP contribution in [0.3, 0.4) is 0 Å². The van der Waals surface area contributed by atoms with E-state index in [0.717, 1.165) is 17.1 Å². The second kappa shape index (κ2) is 15.0. The molecule has 0 radical (unpaired) electrons. The van der Waals surface area contributed by atoms with Crippen LogP contribution in [-0.2, 0) is 0 Å². The molecule has 0 aliphatic heterocycles. The van der Waals surface area contributed by atoms with Crippen LogP contribution < -0.4 is 4.90 Å². The number of anilines is 3. The van der Waals surface area contributed by atoms with Crippen LogP contribution in [-0.4, -0.2) is 0 Å². The molecule has 0 aliphatic rings. The maximum atomic E-state index is 2.34. The molecule has 10 rings (SSSR count). The van der Waals surface area contributed by atoms with Gasteiger partial charge in [0.15, 0.2) is 0 Å². The number of para-hydroxylation sites is 1. The van der Waals surface area contributed by atoms with Gasteiger partial charge in [0.1, 0.15) is 0 Å². The summed E-state index contributed by atoms with van der Waals surface area (Å²) in [5.41, 5.74) is 15.5. The van der Waals surface area contributed by atoms with Gasteiger partial charge in [-0.3, -0.25) is 0 Å². The number of rotatable bonds is 8. The summed E-state index contributed by atoms with van der Waals surface area (Å²) in [5, 5.41) is 5.02. The third-order valence-corrected chi connectivity index (χ3v) is 11.1. The van der Waals surface area contributed by atoms with Crippen molar-refractivity contribution < 1.29 is 0 Å². The van der Waals surface area contributed by atoms with Gasteiger partial charge < -0.3 is 4.90 Å². The van der Waals surface area contributed by atoms with Crippen LogP contribution in [0.2, 0.25) is 0 Å². The van der Waals surface area contributed by atoms with Crippen molar-refractivity contribution in [2.24, 2.45) is 0 Å². The Hall–Kier alpha value is -7.48. The summed E-state index contributed by atoms with van der Waals surface area (Å²) in [6.07, 6.45) is 0. The van der Waals surface area contributed by atoms with E-state index in [1.165, 1.54) is 77.2 Å². The van der Waals surface area contributed by atoms with Crippen molar-refractivity contribution in [2.45, 2.75) is 0 Å². The molecule has 0 heterocycles. The van der Waals surface area contributed by atoms with Gasteiger partial charge in [-0.1, -0.05) is 200 Å². The summed E-state index contributed by atoms with van der Waals surface area (Å²) in [7, 11) is 0. The molecule has 0 saturated carbocycles. The lowest BCUT2D eigenvalue weighted by Gasteiger charge is -2.26. The molecular formula is C56H39N. The Kier molecular flexibility index (Phi) is 8.95. The van der Waals surface area contributed by atoms with E-state index in [-0.39, 0.29) is 0 Å². The Labute approximate surface area is 334 Å². The predicted molar refractivity (Wildman–Crippen MR) is 243 cm³/mol. The Morgan fingerprint density at radius 3 is 1.21 bits per heavy atom. The quantitative estimate of drug-likeness (QED) is 0.151. The van der Waals surface area contributed by atoms with Crippen molar-refractivity contribution in [3.63, 3.8) is 0 Å². The number of hydrogen-bond acceptors (Lipinski definition) is 1. The molecule has 0 atom stereocenters. The molecule has 0 bridgehead atoms. The Morgan fingerprint density at radius 1 is 0.211 bits per heavy atom. The van der Waals surface area contributed by atoms with Gasteiger partial charge in [0.2, 0.25) is 0 Å². The van der Waals surface area contributed by atoms with Gasteiger partial charge in [0.25, 0.3) is 0 Å². The van der Waals surface area contributed by atoms with Crippen molar-refractivity contribution in [1.29, 1.82) is 0 Å². The Morgan fingerprint density at radius 2 is 0.596 bits per heavy atom. The lowest BCUT2D eigenvalue weighted by Crippen LogP contribution is -2.09. The van der Waals surface area contributed by atoms with Crippen LogP contribution in [0.15, 0.2) is 237 Å². The third-order valence-electron chi connectivity index (χ3n) is 11.1. The summed E-state index contributed by atoms with van der Waals surface area (Å²) in [5.74, 6) is 0. The van der Waals surface area contributed by atoms with E-state index in [1.807, 2.05) is 0 Å². The zero-order valence-corrected chi connectivity index (χ0v) is 31.5. The molecule has 10 aromatic carbocycles. The maximum absolute atomic E-state index is 2.34. The highest BCUT2D eigenvalue weighted by Gasteiger charge is 2.17. The van der Waals surface area contributed by atoms with E-state index >= 15 is 0 Å². The van der Waals surface area contributed by atoms with Crippen LogP contribution >= 0.6 is 0 Å². The van der Waals surface area contributed by atoms with Crippen LogP contribution in [0, 0.1) is 0 Å². The molecule has 0 fully saturated rings. The second-order valence-electron chi connectivity index (χ2n) is 14.5. The van der Waals surface area contributed by atoms with E-state index in [0.29, 0.717) is 0 Å². The van der Waals surface area contributed by atoms with Crippen molar-refractivity contribution in [2.75, 3.05) is 4.90 Å². The highest BCUT2D eigenvalue weighted by atomic mass is 15.1. The van der Waals surface area contributed by atoms with Crippen molar-refractivity contribution in [3.05, 3.63) is 237 Å². The summed E-state index contributed by atoms with van der Waals surface area (Å²) >= 11 is 0. The topological polar surface area (TPSA) is 3.24 Å². The summed E-state index contributed by atoms with van der Waals surface area (Å²) in [6, 6.07) is 85.5. The van der Waals surface area contributed by atoms with E-state index in [9.17, 15) is 0 Å². The second-order valence-corrected chi connectivity index (χ2v) is 14.5. The first kappa shape index (κ1) is 34.0. The molecule has 1 heteroatoms. The summed E-state index contributed by atoms with van der Waals surface area (Å²) in [4.78, 5) is 2.34. The number of fused-ring (bicyclic) bond motifs is 2. The summed E-state index contributed by atoms with van der Waals surface area (Å²) < 4.78 is 0. The van der Waals surface area contributed by atoms with Gasteiger partial charge in [-0.15, -0.1) is 0 Å². The van der Waals surface area contributed by atoms with Gasteiger partial charge >= 0.3 is 0 Å². The molecule has 268 valence electrons. The molecule has 0 aromatic heterocycles. The van der Waals surface area contributed by atoms with Crippen LogP contribution in [0.1, 0.15) is 0 Å². The minimum absolute atomic E-state index is 1.10. The highest BCUT2D eigenvalue weighted by Crippen LogP contribution is 2.43. The molecule has 0 saturated heterocycles. The Bertz CT molecular complexity index is 2970. The standard InChI is InChI=1S/C56H39N/c1-3-16-40(17-4-1)48-25-9-11-27-52(48)53-28-12-10-26-50(53)42-32-36-46(37-33-42)57(45-22-5-2-6-23-45)47-38-34-43(35-39-47)51-29-14-20-44-21-15-31-55(56(44)51)54-30-13-19-41-18-7-8-24-49(41)54/h1-39H. The lowest BCUT2D eigenvalue weighted by atomic mass is 9.89. The predicted octanol–water partition coefficient (Wildman–Crippen LogP) is 15.8. The molecule has 57 heavy (non-hydrogen) atoms. The van der Waals surface area contributed by atoms with Crippen LogP contribution in [0.25, 0.3) is 77.2 Å². The minimum Gasteiger partial charge on any atom is -0.311 e. The van der Waals surface area contributed by atoms with E-state index in [2.05, 4.69) is 241 Å².